The van der Waals surface area contributed by atoms with Gasteiger partial charge in [-0.25, -0.2) is 9.59 Å². The lowest BCUT2D eigenvalue weighted by molar-refractivity contribution is 0.0526. The van der Waals surface area contributed by atoms with Crippen molar-refractivity contribution >= 4 is 34.5 Å². The minimum Gasteiger partial charge on any atom is -0.493 e. The average Bonchev–Trinajstić information content (AvgIpc) is 2.55. The van der Waals surface area contributed by atoms with Gasteiger partial charge in [0.15, 0.2) is 11.5 Å². The first kappa shape index (κ1) is 17.3. The van der Waals surface area contributed by atoms with Gasteiger partial charge in [-0.05, 0) is 59.8 Å². The topological polar surface area (TPSA) is 61.8 Å². The number of carbonyl (C=O) groups excluding carboxylic acids is 2. The van der Waals surface area contributed by atoms with Crippen LogP contribution in [0.15, 0.2) is 42.5 Å². The molecule has 2 rings (SSSR count). The van der Waals surface area contributed by atoms with Gasteiger partial charge < -0.3 is 14.2 Å². The van der Waals surface area contributed by atoms with E-state index in [-0.39, 0.29) is 18.1 Å². The molecule has 0 aliphatic rings. The van der Waals surface area contributed by atoms with E-state index in [1.165, 1.54) is 25.3 Å². The molecule has 0 radical (unpaired) electrons. The Morgan fingerprint density at radius 2 is 1.78 bits per heavy atom. The van der Waals surface area contributed by atoms with Crippen LogP contribution in [0.2, 0.25) is 0 Å². The summed E-state index contributed by atoms with van der Waals surface area (Å²) in [4.78, 5) is 24.0. The van der Waals surface area contributed by atoms with Crippen LogP contribution in [-0.2, 0) is 4.74 Å². The lowest BCUT2D eigenvalue weighted by Crippen LogP contribution is -2.11. The minimum atomic E-state index is -0.489. The summed E-state index contributed by atoms with van der Waals surface area (Å²) in [6, 6.07) is 11.6. The molecule has 0 heterocycles. The first-order chi connectivity index (χ1) is 11.1. The Morgan fingerprint density at radius 3 is 2.43 bits per heavy atom. The van der Waals surface area contributed by atoms with Crippen molar-refractivity contribution in [3.63, 3.8) is 0 Å². The van der Waals surface area contributed by atoms with Crippen molar-refractivity contribution in [2.24, 2.45) is 0 Å². The van der Waals surface area contributed by atoms with Crippen molar-refractivity contribution in [3.8, 4) is 11.5 Å². The Kier molecular flexibility index (Phi) is 5.97. The Labute approximate surface area is 147 Å². The average molecular weight is 426 g/mol. The summed E-state index contributed by atoms with van der Waals surface area (Å²) in [6.07, 6.45) is 0. The van der Waals surface area contributed by atoms with Crippen molar-refractivity contribution in [1.29, 1.82) is 0 Å². The summed E-state index contributed by atoms with van der Waals surface area (Å²) in [5.74, 6) is -0.418. The van der Waals surface area contributed by atoms with E-state index < -0.39 is 11.9 Å². The molecule has 2 aromatic carbocycles. The van der Waals surface area contributed by atoms with Crippen molar-refractivity contribution in [3.05, 3.63) is 57.2 Å². The van der Waals surface area contributed by atoms with E-state index in [2.05, 4.69) is 22.6 Å². The van der Waals surface area contributed by atoms with Gasteiger partial charge in [-0.1, -0.05) is 12.1 Å². The number of hydrogen-bond acceptors (Lipinski definition) is 5. The fourth-order valence-corrected chi connectivity index (χ4v) is 2.48. The van der Waals surface area contributed by atoms with E-state index in [1.54, 1.807) is 19.1 Å². The van der Waals surface area contributed by atoms with Crippen molar-refractivity contribution in [2.75, 3.05) is 13.7 Å². The fourth-order valence-electron chi connectivity index (χ4n) is 1.87. The number of methoxy groups -OCH3 is 1. The van der Waals surface area contributed by atoms with Gasteiger partial charge in [0, 0.05) is 3.57 Å². The molecular weight excluding hydrogens is 411 g/mol. The molecule has 2 aromatic rings. The van der Waals surface area contributed by atoms with Gasteiger partial charge in [0.05, 0.1) is 24.8 Å². The van der Waals surface area contributed by atoms with Crippen LogP contribution in [0.4, 0.5) is 0 Å². The monoisotopic (exact) mass is 426 g/mol. The number of carbonyl (C=O) groups is 2. The van der Waals surface area contributed by atoms with E-state index in [4.69, 9.17) is 14.2 Å². The van der Waals surface area contributed by atoms with E-state index in [0.29, 0.717) is 11.1 Å². The third-order valence-corrected chi connectivity index (χ3v) is 3.91. The third-order valence-electron chi connectivity index (χ3n) is 2.97. The first-order valence-electron chi connectivity index (χ1n) is 6.88. The zero-order valence-corrected chi connectivity index (χ0v) is 14.8. The quantitative estimate of drug-likeness (QED) is 0.415. The first-order valence-corrected chi connectivity index (χ1v) is 7.96. The highest BCUT2D eigenvalue weighted by atomic mass is 127. The third kappa shape index (κ3) is 4.22. The second-order valence-electron chi connectivity index (χ2n) is 4.46. The molecule has 0 aromatic heterocycles. The molecule has 0 N–H and O–H groups in total. The summed E-state index contributed by atoms with van der Waals surface area (Å²) in [7, 11) is 1.44. The number of ether oxygens (including phenoxy) is 3. The van der Waals surface area contributed by atoms with Gasteiger partial charge in [0.1, 0.15) is 0 Å². The highest BCUT2D eigenvalue weighted by Gasteiger charge is 2.17. The molecule has 0 atom stereocenters. The number of halogens is 1. The number of benzene rings is 2. The Balaban J connectivity index is 2.25. The maximum atomic E-state index is 12.3. The van der Waals surface area contributed by atoms with Crippen molar-refractivity contribution in [1.82, 2.24) is 0 Å². The van der Waals surface area contributed by atoms with Crippen molar-refractivity contribution < 1.29 is 23.8 Å². The summed E-state index contributed by atoms with van der Waals surface area (Å²) in [5, 5.41) is 0. The molecule has 6 heteroatoms. The molecule has 120 valence electrons. The van der Waals surface area contributed by atoms with Crippen LogP contribution in [-0.4, -0.2) is 25.7 Å². The summed E-state index contributed by atoms with van der Waals surface area (Å²) >= 11 is 2.07. The molecule has 0 unspecified atom stereocenters. The normalized spacial score (nSPS) is 10.0. The molecule has 0 bridgehead atoms. The van der Waals surface area contributed by atoms with Crippen LogP contribution in [0, 0.1) is 3.57 Å². The lowest BCUT2D eigenvalue weighted by atomic mass is 10.2. The second kappa shape index (κ2) is 7.96. The lowest BCUT2D eigenvalue weighted by Gasteiger charge is -2.11. The summed E-state index contributed by atoms with van der Waals surface area (Å²) in [6.45, 7) is 2.01. The van der Waals surface area contributed by atoms with Gasteiger partial charge in [-0.3, -0.25) is 0 Å². The molecule has 0 aliphatic carbocycles. The summed E-state index contributed by atoms with van der Waals surface area (Å²) < 4.78 is 16.3. The molecular formula is C17H15IO5. The largest absolute Gasteiger partial charge is 0.493 e. The highest BCUT2D eigenvalue weighted by molar-refractivity contribution is 14.1. The molecule has 5 nitrogen and oxygen atoms in total. The van der Waals surface area contributed by atoms with E-state index in [1.807, 2.05) is 12.1 Å². The Bertz CT molecular complexity index is 727. The molecule has 0 aliphatic heterocycles. The van der Waals surface area contributed by atoms with E-state index >= 15 is 0 Å². The van der Waals surface area contributed by atoms with Gasteiger partial charge in [0.25, 0.3) is 0 Å². The molecule has 0 fully saturated rings. The van der Waals surface area contributed by atoms with Crippen LogP contribution in [0.1, 0.15) is 27.6 Å². The Hall–Kier alpha value is -2.09. The second-order valence-corrected chi connectivity index (χ2v) is 5.62. The SMILES string of the molecule is CCOC(=O)c1ccc(OC(=O)c2ccccc2I)c(OC)c1. The molecule has 23 heavy (non-hydrogen) atoms. The molecule has 0 saturated carbocycles. The van der Waals surface area contributed by atoms with E-state index in [0.717, 1.165) is 3.57 Å². The Morgan fingerprint density at radius 1 is 1.04 bits per heavy atom. The predicted molar refractivity (Wildman–Crippen MR) is 93.1 cm³/mol. The zero-order valence-electron chi connectivity index (χ0n) is 12.7. The zero-order chi connectivity index (χ0) is 16.8. The van der Waals surface area contributed by atoms with Crippen LogP contribution < -0.4 is 9.47 Å². The molecule has 0 saturated heterocycles. The standard InChI is InChI=1S/C17H15IO5/c1-3-22-16(19)11-8-9-14(15(10-11)21-2)23-17(20)12-6-4-5-7-13(12)18/h4-10H,3H2,1-2H3. The van der Waals surface area contributed by atoms with Crippen LogP contribution in [0.3, 0.4) is 0 Å². The van der Waals surface area contributed by atoms with Gasteiger partial charge in [-0.2, -0.15) is 0 Å². The smallest absolute Gasteiger partial charge is 0.344 e. The summed E-state index contributed by atoms with van der Waals surface area (Å²) in [5.41, 5.74) is 0.794. The van der Waals surface area contributed by atoms with E-state index in [9.17, 15) is 9.59 Å². The fraction of sp³-hybridized carbons (Fsp3) is 0.176. The van der Waals surface area contributed by atoms with Crippen LogP contribution >= 0.6 is 22.6 Å². The van der Waals surface area contributed by atoms with Crippen LogP contribution in [0.25, 0.3) is 0 Å². The number of hydrogen-bond donors (Lipinski definition) is 0. The van der Waals surface area contributed by atoms with Gasteiger partial charge in [0.2, 0.25) is 0 Å². The van der Waals surface area contributed by atoms with Crippen LogP contribution in [0.5, 0.6) is 11.5 Å². The van der Waals surface area contributed by atoms with Crippen molar-refractivity contribution in [2.45, 2.75) is 6.92 Å². The maximum Gasteiger partial charge on any atom is 0.344 e. The molecule has 0 spiro atoms. The van der Waals surface area contributed by atoms with Gasteiger partial charge >= 0.3 is 11.9 Å². The maximum absolute atomic E-state index is 12.3. The molecule has 0 amide bonds. The highest BCUT2D eigenvalue weighted by Crippen LogP contribution is 2.29. The van der Waals surface area contributed by atoms with Gasteiger partial charge in [-0.15, -0.1) is 0 Å². The predicted octanol–water partition coefficient (Wildman–Crippen LogP) is 3.70. The number of esters is 2. The minimum absolute atomic E-state index is 0.241. The number of rotatable bonds is 5.